The summed E-state index contributed by atoms with van der Waals surface area (Å²) in [6.07, 6.45) is -0.0238. The Bertz CT molecular complexity index is 840. The van der Waals surface area contributed by atoms with E-state index in [1.807, 2.05) is 44.3 Å². The van der Waals surface area contributed by atoms with Gasteiger partial charge in [0.15, 0.2) is 5.82 Å². The van der Waals surface area contributed by atoms with Crippen LogP contribution >= 0.6 is 0 Å². The van der Waals surface area contributed by atoms with E-state index in [9.17, 15) is 0 Å². The minimum Gasteiger partial charge on any atom is -0.464 e. The molecule has 0 spiro atoms. The summed E-state index contributed by atoms with van der Waals surface area (Å²) in [6, 6.07) is 14.1. The lowest BCUT2D eigenvalue weighted by Crippen LogP contribution is -2.38. The Balaban J connectivity index is 1.48. The molecule has 1 atom stereocenters. The van der Waals surface area contributed by atoms with Crippen LogP contribution in [0.1, 0.15) is 23.4 Å². The summed E-state index contributed by atoms with van der Waals surface area (Å²) in [5.41, 5.74) is 1.08. The van der Waals surface area contributed by atoms with E-state index in [2.05, 4.69) is 31.8 Å². The second-order valence-corrected chi connectivity index (χ2v) is 6.41. The van der Waals surface area contributed by atoms with Crippen LogP contribution in [0.2, 0.25) is 0 Å². The van der Waals surface area contributed by atoms with Crippen molar-refractivity contribution in [1.82, 2.24) is 19.7 Å². The predicted molar refractivity (Wildman–Crippen MR) is 93.9 cm³/mol. The van der Waals surface area contributed by atoms with Crippen LogP contribution in [0.15, 0.2) is 46.9 Å². The van der Waals surface area contributed by atoms with Gasteiger partial charge in [-0.25, -0.2) is 0 Å². The van der Waals surface area contributed by atoms with Gasteiger partial charge in [-0.05, 0) is 19.1 Å². The van der Waals surface area contributed by atoms with Crippen LogP contribution in [0.3, 0.4) is 0 Å². The van der Waals surface area contributed by atoms with Gasteiger partial charge >= 0.3 is 0 Å². The SMILES string of the molecule is Cc1ccc(C2CN(Cc3nnc(-c4ccccc4)n3C)CCO2)o1. The van der Waals surface area contributed by atoms with Crippen LogP contribution < -0.4 is 0 Å². The summed E-state index contributed by atoms with van der Waals surface area (Å²) in [7, 11) is 2.02. The number of rotatable bonds is 4. The van der Waals surface area contributed by atoms with Crippen LogP contribution in [-0.2, 0) is 18.3 Å². The minimum atomic E-state index is -0.0238. The van der Waals surface area contributed by atoms with Gasteiger partial charge < -0.3 is 13.7 Å². The number of hydrogen-bond donors (Lipinski definition) is 0. The maximum atomic E-state index is 5.87. The summed E-state index contributed by atoms with van der Waals surface area (Å²) < 4.78 is 13.7. The molecule has 0 N–H and O–H groups in total. The zero-order chi connectivity index (χ0) is 17.2. The first-order valence-corrected chi connectivity index (χ1v) is 8.54. The van der Waals surface area contributed by atoms with Crippen molar-refractivity contribution in [2.24, 2.45) is 7.05 Å². The molecule has 25 heavy (non-hydrogen) atoms. The van der Waals surface area contributed by atoms with Crippen LogP contribution in [0.5, 0.6) is 0 Å². The van der Waals surface area contributed by atoms with Gasteiger partial charge in [0.1, 0.15) is 23.4 Å². The first-order valence-electron chi connectivity index (χ1n) is 8.54. The molecule has 0 aliphatic carbocycles. The van der Waals surface area contributed by atoms with E-state index >= 15 is 0 Å². The van der Waals surface area contributed by atoms with Gasteiger partial charge in [-0.2, -0.15) is 0 Å². The summed E-state index contributed by atoms with van der Waals surface area (Å²) in [5.74, 6) is 3.65. The van der Waals surface area contributed by atoms with Crippen molar-refractivity contribution in [2.45, 2.75) is 19.6 Å². The highest BCUT2D eigenvalue weighted by molar-refractivity contribution is 5.54. The van der Waals surface area contributed by atoms with Gasteiger partial charge in [0.25, 0.3) is 0 Å². The van der Waals surface area contributed by atoms with E-state index in [-0.39, 0.29) is 6.10 Å². The van der Waals surface area contributed by atoms with Gasteiger partial charge in [-0.15, -0.1) is 10.2 Å². The second-order valence-electron chi connectivity index (χ2n) is 6.41. The number of aryl methyl sites for hydroxylation is 1. The quantitative estimate of drug-likeness (QED) is 0.732. The zero-order valence-corrected chi connectivity index (χ0v) is 14.6. The van der Waals surface area contributed by atoms with Crippen LogP contribution in [0.25, 0.3) is 11.4 Å². The molecular weight excluding hydrogens is 316 g/mol. The molecule has 0 amide bonds. The number of ether oxygens (including phenoxy) is 1. The molecule has 1 unspecified atom stereocenters. The fourth-order valence-corrected chi connectivity index (χ4v) is 3.18. The first kappa shape index (κ1) is 16.1. The molecule has 1 aliphatic heterocycles. The molecule has 3 aromatic rings. The molecule has 1 aromatic carbocycles. The number of aromatic nitrogens is 3. The molecule has 4 rings (SSSR count). The van der Waals surface area contributed by atoms with Crippen molar-refractivity contribution in [2.75, 3.05) is 19.7 Å². The largest absolute Gasteiger partial charge is 0.464 e. The Labute approximate surface area is 147 Å². The summed E-state index contributed by atoms with van der Waals surface area (Å²) in [4.78, 5) is 2.34. The number of furan rings is 1. The van der Waals surface area contributed by atoms with Gasteiger partial charge in [0, 0.05) is 25.7 Å². The zero-order valence-electron chi connectivity index (χ0n) is 14.6. The van der Waals surface area contributed by atoms with Gasteiger partial charge in [0.2, 0.25) is 0 Å². The fourth-order valence-electron chi connectivity index (χ4n) is 3.18. The molecule has 1 aliphatic rings. The van der Waals surface area contributed by atoms with Crippen molar-refractivity contribution >= 4 is 0 Å². The Morgan fingerprint density at radius 3 is 2.72 bits per heavy atom. The minimum absolute atomic E-state index is 0.0238. The van der Waals surface area contributed by atoms with E-state index < -0.39 is 0 Å². The van der Waals surface area contributed by atoms with E-state index in [4.69, 9.17) is 9.15 Å². The number of hydrogen-bond acceptors (Lipinski definition) is 5. The van der Waals surface area contributed by atoms with E-state index in [0.717, 1.165) is 48.4 Å². The molecule has 1 saturated heterocycles. The van der Waals surface area contributed by atoms with E-state index in [0.29, 0.717) is 6.61 Å². The average molecular weight is 338 g/mol. The van der Waals surface area contributed by atoms with Gasteiger partial charge in [-0.3, -0.25) is 4.90 Å². The van der Waals surface area contributed by atoms with Crippen molar-refractivity contribution in [3.05, 3.63) is 59.8 Å². The number of benzene rings is 1. The standard InChI is InChI=1S/C19H22N4O2/c1-14-8-9-16(25-14)17-12-23(10-11-24-17)13-18-20-21-19(22(18)2)15-6-4-3-5-7-15/h3-9,17H,10-13H2,1-2H3. The highest BCUT2D eigenvalue weighted by atomic mass is 16.5. The monoisotopic (exact) mass is 338 g/mol. The van der Waals surface area contributed by atoms with Gasteiger partial charge in [-0.1, -0.05) is 30.3 Å². The number of nitrogens with zero attached hydrogens (tertiary/aromatic N) is 4. The average Bonchev–Trinajstić information content (AvgIpc) is 3.23. The smallest absolute Gasteiger partial charge is 0.163 e. The topological polar surface area (TPSA) is 56.3 Å². The molecule has 6 nitrogen and oxygen atoms in total. The molecule has 3 heterocycles. The molecule has 0 radical (unpaired) electrons. The third-order valence-corrected chi connectivity index (χ3v) is 4.59. The van der Waals surface area contributed by atoms with Crippen LogP contribution in [0, 0.1) is 6.92 Å². The molecular formula is C19H22N4O2. The van der Waals surface area contributed by atoms with Crippen molar-refractivity contribution in [3.8, 4) is 11.4 Å². The highest BCUT2D eigenvalue weighted by Gasteiger charge is 2.25. The van der Waals surface area contributed by atoms with Gasteiger partial charge in [0.05, 0.1) is 13.2 Å². The summed E-state index contributed by atoms with van der Waals surface area (Å²) in [6.45, 7) is 5.06. The fraction of sp³-hybridized carbons (Fsp3) is 0.368. The first-order chi connectivity index (χ1) is 12.2. The van der Waals surface area contributed by atoms with Crippen molar-refractivity contribution < 1.29 is 9.15 Å². The Morgan fingerprint density at radius 2 is 1.96 bits per heavy atom. The summed E-state index contributed by atoms with van der Waals surface area (Å²) in [5, 5.41) is 8.76. The lowest BCUT2D eigenvalue weighted by atomic mass is 10.2. The van der Waals surface area contributed by atoms with E-state index in [1.165, 1.54) is 0 Å². The molecule has 130 valence electrons. The Morgan fingerprint density at radius 1 is 1.12 bits per heavy atom. The molecule has 6 heteroatoms. The second kappa shape index (κ2) is 6.82. The Kier molecular flexibility index (Phi) is 4.38. The maximum Gasteiger partial charge on any atom is 0.163 e. The predicted octanol–water partition coefficient (Wildman–Crippen LogP) is 2.96. The third kappa shape index (κ3) is 3.36. The molecule has 1 fully saturated rings. The molecule has 2 aromatic heterocycles. The molecule has 0 saturated carbocycles. The maximum absolute atomic E-state index is 5.87. The highest BCUT2D eigenvalue weighted by Crippen LogP contribution is 2.25. The number of morpholine rings is 1. The Hall–Kier alpha value is -2.44. The molecule has 0 bridgehead atoms. The third-order valence-electron chi connectivity index (χ3n) is 4.59. The van der Waals surface area contributed by atoms with Crippen LogP contribution in [0.4, 0.5) is 0 Å². The van der Waals surface area contributed by atoms with Crippen molar-refractivity contribution in [1.29, 1.82) is 0 Å². The lowest BCUT2D eigenvalue weighted by Gasteiger charge is -2.31. The van der Waals surface area contributed by atoms with E-state index in [1.54, 1.807) is 0 Å². The van der Waals surface area contributed by atoms with Crippen molar-refractivity contribution in [3.63, 3.8) is 0 Å². The summed E-state index contributed by atoms with van der Waals surface area (Å²) >= 11 is 0. The van der Waals surface area contributed by atoms with Crippen LogP contribution in [-0.4, -0.2) is 39.4 Å². The lowest BCUT2D eigenvalue weighted by molar-refractivity contribution is -0.0439. The normalized spacial score (nSPS) is 18.6.